The van der Waals surface area contributed by atoms with Gasteiger partial charge in [-0.2, -0.15) is 0 Å². The molecule has 0 radical (unpaired) electrons. The minimum absolute atomic E-state index is 0.578. The van der Waals surface area contributed by atoms with E-state index in [1.807, 2.05) is 18.3 Å². The number of fused-ring (bicyclic) bond motifs is 1. The van der Waals surface area contributed by atoms with E-state index in [1.54, 1.807) is 7.11 Å². The van der Waals surface area contributed by atoms with Crippen molar-refractivity contribution in [2.75, 3.05) is 25.1 Å². The topological polar surface area (TPSA) is 51.4 Å². The Morgan fingerprint density at radius 3 is 3.10 bits per heavy atom. The van der Waals surface area contributed by atoms with Gasteiger partial charge in [0, 0.05) is 24.2 Å². The molecule has 4 nitrogen and oxygen atoms in total. The summed E-state index contributed by atoms with van der Waals surface area (Å²) in [5, 5.41) is 2.39. The maximum absolute atomic E-state index is 5.67. The van der Waals surface area contributed by atoms with Crippen LogP contribution in [-0.4, -0.2) is 31.2 Å². The van der Waals surface area contributed by atoms with Gasteiger partial charge < -0.3 is 15.4 Å². The number of ether oxygens (including phenoxy) is 1. The molecule has 0 aliphatic carbocycles. The van der Waals surface area contributed by atoms with Crippen LogP contribution >= 0.6 is 0 Å². The third-order valence-corrected chi connectivity index (χ3v) is 4.34. The molecule has 21 heavy (non-hydrogen) atoms. The predicted octanol–water partition coefficient (Wildman–Crippen LogP) is 2.95. The van der Waals surface area contributed by atoms with E-state index in [0.29, 0.717) is 6.04 Å². The Hall–Kier alpha value is -1.81. The molecule has 1 unspecified atom stereocenters. The fraction of sp³-hybridized carbons (Fsp3) is 0.471. The van der Waals surface area contributed by atoms with E-state index in [2.05, 4.69) is 22.0 Å². The third-order valence-electron chi connectivity index (χ3n) is 4.34. The number of benzene rings is 1. The van der Waals surface area contributed by atoms with E-state index >= 15 is 0 Å². The maximum Gasteiger partial charge on any atom is 0.136 e. The molecule has 2 N–H and O–H groups in total. The summed E-state index contributed by atoms with van der Waals surface area (Å²) in [6.07, 6.45) is 6.62. The number of nitrogens with two attached hydrogens (primary N) is 1. The van der Waals surface area contributed by atoms with Crippen molar-refractivity contribution in [3.05, 3.63) is 30.5 Å². The molecule has 2 heterocycles. The molecular formula is C17H23N3O. The molecule has 2 aromatic rings. The third kappa shape index (κ3) is 2.81. The van der Waals surface area contributed by atoms with Gasteiger partial charge in [0.25, 0.3) is 0 Å². The van der Waals surface area contributed by atoms with Crippen molar-refractivity contribution in [1.82, 2.24) is 4.98 Å². The number of anilines is 1. The summed E-state index contributed by atoms with van der Waals surface area (Å²) in [4.78, 5) is 7.12. The SMILES string of the molecule is COc1ccc2c(N3CCCC3CCCN)nccc2c1. The first-order valence-corrected chi connectivity index (χ1v) is 7.73. The second kappa shape index (κ2) is 6.31. The summed E-state index contributed by atoms with van der Waals surface area (Å²) >= 11 is 0. The fourth-order valence-corrected chi connectivity index (χ4v) is 3.26. The monoisotopic (exact) mass is 285 g/mol. The number of aromatic nitrogens is 1. The highest BCUT2D eigenvalue weighted by molar-refractivity contribution is 5.93. The number of hydrogen-bond acceptors (Lipinski definition) is 4. The number of nitrogens with zero attached hydrogens (tertiary/aromatic N) is 2. The van der Waals surface area contributed by atoms with Crippen molar-refractivity contribution in [2.45, 2.75) is 31.7 Å². The molecule has 1 aliphatic heterocycles. The van der Waals surface area contributed by atoms with Crippen LogP contribution in [-0.2, 0) is 0 Å². The average molecular weight is 285 g/mol. The summed E-state index contributed by atoms with van der Waals surface area (Å²) in [5.41, 5.74) is 5.67. The summed E-state index contributed by atoms with van der Waals surface area (Å²) in [6, 6.07) is 8.83. The van der Waals surface area contributed by atoms with Gasteiger partial charge in [-0.25, -0.2) is 4.98 Å². The molecule has 1 fully saturated rings. The Labute approximate surface area is 125 Å². The van der Waals surface area contributed by atoms with E-state index in [9.17, 15) is 0 Å². The van der Waals surface area contributed by atoms with Crippen molar-refractivity contribution in [3.8, 4) is 5.75 Å². The molecule has 0 spiro atoms. The van der Waals surface area contributed by atoms with Gasteiger partial charge in [0.2, 0.25) is 0 Å². The summed E-state index contributed by atoms with van der Waals surface area (Å²) in [7, 11) is 1.70. The normalized spacial score (nSPS) is 18.4. The predicted molar refractivity (Wildman–Crippen MR) is 87.0 cm³/mol. The summed E-state index contributed by atoms with van der Waals surface area (Å²) < 4.78 is 5.31. The maximum atomic E-state index is 5.67. The molecule has 0 saturated carbocycles. The molecule has 1 atom stereocenters. The molecule has 1 aromatic heterocycles. The Balaban J connectivity index is 1.95. The van der Waals surface area contributed by atoms with Gasteiger partial charge in [-0.1, -0.05) is 0 Å². The van der Waals surface area contributed by atoms with Crippen molar-refractivity contribution < 1.29 is 4.74 Å². The standard InChI is InChI=1S/C17H23N3O/c1-21-15-6-7-16-13(12-15)8-10-19-17(16)20-11-3-5-14(20)4-2-9-18/h6-8,10,12,14H,2-5,9,11,18H2,1H3. The second-order valence-corrected chi connectivity index (χ2v) is 5.64. The van der Waals surface area contributed by atoms with E-state index in [1.165, 1.54) is 23.6 Å². The molecule has 0 amide bonds. The van der Waals surface area contributed by atoms with Gasteiger partial charge in [0.15, 0.2) is 0 Å². The van der Waals surface area contributed by atoms with Gasteiger partial charge in [0.1, 0.15) is 11.6 Å². The smallest absolute Gasteiger partial charge is 0.136 e. The first kappa shape index (κ1) is 14.1. The van der Waals surface area contributed by atoms with Crippen molar-refractivity contribution in [1.29, 1.82) is 0 Å². The number of hydrogen-bond donors (Lipinski definition) is 1. The van der Waals surface area contributed by atoms with Gasteiger partial charge in [-0.05, 0) is 61.9 Å². The first-order chi connectivity index (χ1) is 10.3. The molecule has 112 valence electrons. The largest absolute Gasteiger partial charge is 0.497 e. The zero-order valence-electron chi connectivity index (χ0n) is 12.6. The number of methoxy groups -OCH3 is 1. The zero-order chi connectivity index (χ0) is 14.7. The summed E-state index contributed by atoms with van der Waals surface area (Å²) in [5.74, 6) is 2.00. The minimum atomic E-state index is 0.578. The second-order valence-electron chi connectivity index (χ2n) is 5.64. The van der Waals surface area contributed by atoms with Gasteiger partial charge in [-0.15, -0.1) is 0 Å². The average Bonchev–Trinajstić information content (AvgIpc) is 3.00. The van der Waals surface area contributed by atoms with Crippen LogP contribution in [0.5, 0.6) is 5.75 Å². The quantitative estimate of drug-likeness (QED) is 0.917. The highest BCUT2D eigenvalue weighted by Gasteiger charge is 2.26. The zero-order valence-corrected chi connectivity index (χ0v) is 12.6. The van der Waals surface area contributed by atoms with Crippen molar-refractivity contribution in [3.63, 3.8) is 0 Å². The molecule has 0 bridgehead atoms. The number of pyridine rings is 1. The van der Waals surface area contributed by atoms with E-state index in [0.717, 1.165) is 37.5 Å². The van der Waals surface area contributed by atoms with Crippen LogP contribution in [0.2, 0.25) is 0 Å². The van der Waals surface area contributed by atoms with Crippen LogP contribution < -0.4 is 15.4 Å². The molecular weight excluding hydrogens is 262 g/mol. The molecule has 4 heteroatoms. The lowest BCUT2D eigenvalue weighted by atomic mass is 10.1. The minimum Gasteiger partial charge on any atom is -0.497 e. The van der Waals surface area contributed by atoms with Crippen LogP contribution in [0.1, 0.15) is 25.7 Å². The van der Waals surface area contributed by atoms with Gasteiger partial charge in [-0.3, -0.25) is 0 Å². The van der Waals surface area contributed by atoms with E-state index in [4.69, 9.17) is 10.5 Å². The van der Waals surface area contributed by atoms with E-state index in [-0.39, 0.29) is 0 Å². The molecule has 1 saturated heterocycles. The van der Waals surface area contributed by atoms with Crippen LogP contribution in [0.4, 0.5) is 5.82 Å². The van der Waals surface area contributed by atoms with Crippen molar-refractivity contribution in [2.24, 2.45) is 5.73 Å². The highest BCUT2D eigenvalue weighted by Crippen LogP contribution is 2.33. The summed E-state index contributed by atoms with van der Waals surface area (Å²) in [6.45, 7) is 1.86. The first-order valence-electron chi connectivity index (χ1n) is 7.73. The van der Waals surface area contributed by atoms with Crippen LogP contribution in [0.15, 0.2) is 30.5 Å². The van der Waals surface area contributed by atoms with Crippen LogP contribution in [0.3, 0.4) is 0 Å². The Morgan fingerprint density at radius 2 is 2.29 bits per heavy atom. The van der Waals surface area contributed by atoms with Gasteiger partial charge in [0.05, 0.1) is 7.11 Å². The Kier molecular flexibility index (Phi) is 4.25. The molecule has 1 aromatic carbocycles. The van der Waals surface area contributed by atoms with Gasteiger partial charge >= 0.3 is 0 Å². The van der Waals surface area contributed by atoms with Crippen molar-refractivity contribution >= 4 is 16.6 Å². The highest BCUT2D eigenvalue weighted by atomic mass is 16.5. The Morgan fingerprint density at radius 1 is 1.38 bits per heavy atom. The molecule has 1 aliphatic rings. The Bertz CT molecular complexity index is 614. The lowest BCUT2D eigenvalue weighted by Crippen LogP contribution is -2.30. The van der Waals surface area contributed by atoms with E-state index < -0.39 is 0 Å². The molecule has 3 rings (SSSR count). The number of rotatable bonds is 5. The van der Waals surface area contributed by atoms with Crippen LogP contribution in [0.25, 0.3) is 10.8 Å². The lowest BCUT2D eigenvalue weighted by molar-refractivity contribution is 0.415. The van der Waals surface area contributed by atoms with Crippen LogP contribution in [0, 0.1) is 0 Å². The fourth-order valence-electron chi connectivity index (χ4n) is 3.26. The lowest BCUT2D eigenvalue weighted by Gasteiger charge is -2.27.